The fraction of sp³-hybridized carbons (Fsp3) is 0.273. The van der Waals surface area contributed by atoms with Crippen molar-refractivity contribution in [3.63, 3.8) is 0 Å². The molecule has 0 aliphatic rings. The standard InChI is InChI=1S/C11H14N4/c1-3-8-6-14-15(2)11(8)9-4-5-13-7-10(9)12/h4-7H,3,12H2,1-2H3. The van der Waals surface area contributed by atoms with Crippen LogP contribution in [0.15, 0.2) is 24.7 Å². The molecule has 0 atom stereocenters. The van der Waals surface area contributed by atoms with Gasteiger partial charge in [-0.15, -0.1) is 0 Å². The zero-order chi connectivity index (χ0) is 10.8. The largest absolute Gasteiger partial charge is 0.397 e. The summed E-state index contributed by atoms with van der Waals surface area (Å²) in [5, 5.41) is 4.25. The van der Waals surface area contributed by atoms with Crippen molar-refractivity contribution < 1.29 is 0 Å². The molecule has 0 aromatic carbocycles. The van der Waals surface area contributed by atoms with Crippen molar-refractivity contribution in [1.29, 1.82) is 0 Å². The van der Waals surface area contributed by atoms with E-state index in [4.69, 9.17) is 5.73 Å². The number of aromatic nitrogens is 3. The third-order valence-electron chi connectivity index (χ3n) is 2.50. The summed E-state index contributed by atoms with van der Waals surface area (Å²) in [4.78, 5) is 3.99. The van der Waals surface area contributed by atoms with Gasteiger partial charge in [-0.05, 0) is 18.1 Å². The first-order chi connectivity index (χ1) is 7.24. The van der Waals surface area contributed by atoms with Gasteiger partial charge in [-0.3, -0.25) is 9.67 Å². The molecule has 2 N–H and O–H groups in total. The second kappa shape index (κ2) is 3.73. The second-order valence-corrected chi connectivity index (χ2v) is 3.46. The molecule has 4 nitrogen and oxygen atoms in total. The van der Waals surface area contributed by atoms with Gasteiger partial charge in [-0.1, -0.05) is 6.92 Å². The van der Waals surface area contributed by atoms with E-state index in [9.17, 15) is 0 Å². The Bertz CT molecular complexity index is 473. The highest BCUT2D eigenvalue weighted by Crippen LogP contribution is 2.27. The predicted molar refractivity (Wildman–Crippen MR) is 60.2 cm³/mol. The molecule has 0 saturated carbocycles. The van der Waals surface area contributed by atoms with Crippen LogP contribution in [0.5, 0.6) is 0 Å². The Balaban J connectivity index is 2.63. The van der Waals surface area contributed by atoms with Crippen LogP contribution in [0.25, 0.3) is 11.3 Å². The van der Waals surface area contributed by atoms with E-state index in [2.05, 4.69) is 17.0 Å². The van der Waals surface area contributed by atoms with Gasteiger partial charge in [0.05, 0.1) is 23.8 Å². The molecule has 0 bridgehead atoms. The molecule has 15 heavy (non-hydrogen) atoms. The minimum atomic E-state index is 0.691. The average Bonchev–Trinajstić information content (AvgIpc) is 2.60. The van der Waals surface area contributed by atoms with Crippen molar-refractivity contribution in [3.8, 4) is 11.3 Å². The third kappa shape index (κ3) is 1.58. The number of rotatable bonds is 2. The molecule has 2 heterocycles. The molecular weight excluding hydrogens is 188 g/mol. The first kappa shape index (κ1) is 9.71. The van der Waals surface area contributed by atoms with Gasteiger partial charge in [-0.2, -0.15) is 5.10 Å². The number of nitrogens with zero attached hydrogens (tertiary/aromatic N) is 3. The van der Waals surface area contributed by atoms with Crippen LogP contribution in [0.1, 0.15) is 12.5 Å². The van der Waals surface area contributed by atoms with Crippen LogP contribution in [0.3, 0.4) is 0 Å². The smallest absolute Gasteiger partial charge is 0.0732 e. The average molecular weight is 202 g/mol. The molecule has 0 unspecified atom stereocenters. The van der Waals surface area contributed by atoms with E-state index in [0.717, 1.165) is 17.7 Å². The van der Waals surface area contributed by atoms with Gasteiger partial charge in [-0.25, -0.2) is 0 Å². The van der Waals surface area contributed by atoms with Crippen molar-refractivity contribution in [1.82, 2.24) is 14.8 Å². The van der Waals surface area contributed by atoms with Gasteiger partial charge >= 0.3 is 0 Å². The maximum absolute atomic E-state index is 5.90. The zero-order valence-electron chi connectivity index (χ0n) is 8.94. The number of nitrogens with two attached hydrogens (primary N) is 1. The summed E-state index contributed by atoms with van der Waals surface area (Å²) in [6.45, 7) is 2.11. The molecule has 0 saturated heterocycles. The van der Waals surface area contributed by atoms with Crippen LogP contribution in [0.4, 0.5) is 5.69 Å². The lowest BCUT2D eigenvalue weighted by Crippen LogP contribution is -1.99. The minimum absolute atomic E-state index is 0.691. The zero-order valence-corrected chi connectivity index (χ0v) is 8.94. The van der Waals surface area contributed by atoms with Crippen LogP contribution >= 0.6 is 0 Å². The summed E-state index contributed by atoms with van der Waals surface area (Å²) in [5.41, 5.74) is 9.88. The van der Waals surface area contributed by atoms with Crippen LogP contribution in [-0.2, 0) is 13.5 Å². The van der Waals surface area contributed by atoms with Gasteiger partial charge in [0, 0.05) is 18.8 Å². The van der Waals surface area contributed by atoms with E-state index in [-0.39, 0.29) is 0 Å². The van der Waals surface area contributed by atoms with Gasteiger partial charge in [0.15, 0.2) is 0 Å². The Kier molecular flexibility index (Phi) is 2.41. The molecule has 0 radical (unpaired) electrons. The Labute approximate surface area is 88.8 Å². The fourth-order valence-electron chi connectivity index (χ4n) is 1.71. The number of hydrogen-bond acceptors (Lipinski definition) is 3. The lowest BCUT2D eigenvalue weighted by molar-refractivity contribution is 0.775. The quantitative estimate of drug-likeness (QED) is 0.805. The third-order valence-corrected chi connectivity index (χ3v) is 2.50. The first-order valence-electron chi connectivity index (χ1n) is 4.94. The number of pyridine rings is 1. The number of anilines is 1. The van der Waals surface area contributed by atoms with E-state index in [1.54, 1.807) is 12.4 Å². The normalized spacial score (nSPS) is 10.5. The van der Waals surface area contributed by atoms with Crippen LogP contribution in [0.2, 0.25) is 0 Å². The predicted octanol–water partition coefficient (Wildman–Crippen LogP) is 1.63. The Morgan fingerprint density at radius 2 is 2.20 bits per heavy atom. The first-order valence-corrected chi connectivity index (χ1v) is 4.94. The summed E-state index contributed by atoms with van der Waals surface area (Å²) >= 11 is 0. The van der Waals surface area contributed by atoms with Crippen LogP contribution < -0.4 is 5.73 Å². The minimum Gasteiger partial charge on any atom is -0.397 e. The Morgan fingerprint density at radius 3 is 2.87 bits per heavy atom. The van der Waals surface area contributed by atoms with E-state index < -0.39 is 0 Å². The molecule has 78 valence electrons. The molecule has 4 heteroatoms. The number of aryl methyl sites for hydroxylation is 2. The summed E-state index contributed by atoms with van der Waals surface area (Å²) in [7, 11) is 1.92. The molecule has 0 aliphatic heterocycles. The summed E-state index contributed by atoms with van der Waals surface area (Å²) in [6.07, 6.45) is 6.25. The van der Waals surface area contributed by atoms with Crippen molar-refractivity contribution in [2.75, 3.05) is 5.73 Å². The lowest BCUT2D eigenvalue weighted by Gasteiger charge is -2.07. The highest BCUT2D eigenvalue weighted by atomic mass is 15.3. The van der Waals surface area contributed by atoms with E-state index in [1.807, 2.05) is 24.0 Å². The molecule has 2 aromatic rings. The molecule has 0 fully saturated rings. The van der Waals surface area contributed by atoms with Gasteiger partial charge < -0.3 is 5.73 Å². The SMILES string of the molecule is CCc1cnn(C)c1-c1ccncc1N. The summed E-state index contributed by atoms with van der Waals surface area (Å²) in [6, 6.07) is 1.92. The molecule has 0 aliphatic carbocycles. The Hall–Kier alpha value is -1.84. The maximum Gasteiger partial charge on any atom is 0.0732 e. The summed E-state index contributed by atoms with van der Waals surface area (Å²) in [5.74, 6) is 0. The molecule has 0 amide bonds. The van der Waals surface area contributed by atoms with Crippen LogP contribution in [-0.4, -0.2) is 14.8 Å². The number of hydrogen-bond donors (Lipinski definition) is 1. The highest BCUT2D eigenvalue weighted by molar-refractivity contribution is 5.75. The highest BCUT2D eigenvalue weighted by Gasteiger charge is 2.11. The molecule has 2 rings (SSSR count). The van der Waals surface area contributed by atoms with Gasteiger partial charge in [0.1, 0.15) is 0 Å². The topological polar surface area (TPSA) is 56.7 Å². The molecule has 2 aromatic heterocycles. The van der Waals surface area contributed by atoms with Crippen molar-refractivity contribution >= 4 is 5.69 Å². The molecular formula is C11H14N4. The van der Waals surface area contributed by atoms with Gasteiger partial charge in [0.25, 0.3) is 0 Å². The maximum atomic E-state index is 5.90. The van der Waals surface area contributed by atoms with Gasteiger partial charge in [0.2, 0.25) is 0 Å². The van der Waals surface area contributed by atoms with E-state index in [1.165, 1.54) is 5.56 Å². The Morgan fingerprint density at radius 1 is 1.40 bits per heavy atom. The number of nitrogen functional groups attached to an aromatic ring is 1. The van der Waals surface area contributed by atoms with Crippen molar-refractivity contribution in [3.05, 3.63) is 30.2 Å². The second-order valence-electron chi connectivity index (χ2n) is 3.46. The summed E-state index contributed by atoms with van der Waals surface area (Å²) < 4.78 is 1.85. The van der Waals surface area contributed by atoms with E-state index in [0.29, 0.717) is 5.69 Å². The molecule has 0 spiro atoms. The monoisotopic (exact) mass is 202 g/mol. The fourth-order valence-corrected chi connectivity index (χ4v) is 1.71. The van der Waals surface area contributed by atoms with Crippen molar-refractivity contribution in [2.45, 2.75) is 13.3 Å². The van der Waals surface area contributed by atoms with E-state index >= 15 is 0 Å². The lowest BCUT2D eigenvalue weighted by atomic mass is 10.1. The van der Waals surface area contributed by atoms with Crippen molar-refractivity contribution in [2.24, 2.45) is 7.05 Å². The van der Waals surface area contributed by atoms with Crippen LogP contribution in [0, 0.1) is 0 Å².